The molecule has 1 N–H and O–H groups in total. The Bertz CT molecular complexity index is 684. The smallest absolute Gasteiger partial charge is 0.261 e. The zero-order valence-electron chi connectivity index (χ0n) is 10.9. The molecule has 3 rings (SSSR count). The summed E-state index contributed by atoms with van der Waals surface area (Å²) in [7, 11) is 3.40. The highest BCUT2D eigenvalue weighted by Gasteiger charge is 2.30. The molecule has 0 aromatic heterocycles. The number of rotatable bonds is 2. The van der Waals surface area contributed by atoms with Gasteiger partial charge in [0.15, 0.2) is 0 Å². The maximum Gasteiger partial charge on any atom is 0.261 e. The molecule has 0 fully saturated rings. The second-order valence-corrected chi connectivity index (χ2v) is 4.70. The Morgan fingerprint density at radius 2 is 1.74 bits per heavy atom. The van der Waals surface area contributed by atoms with E-state index in [2.05, 4.69) is 5.32 Å². The molecule has 1 aliphatic heterocycles. The van der Waals surface area contributed by atoms with E-state index < -0.39 is 0 Å². The lowest BCUT2D eigenvalue weighted by Crippen LogP contribution is -2.37. The number of amides is 2. The maximum atomic E-state index is 12.2. The molecule has 0 bridgehead atoms. The molecule has 4 heteroatoms. The van der Waals surface area contributed by atoms with Gasteiger partial charge in [0.2, 0.25) is 0 Å². The van der Waals surface area contributed by atoms with Crippen LogP contribution in [0.25, 0.3) is 10.8 Å². The molecular weight excluding hydrogens is 240 g/mol. The van der Waals surface area contributed by atoms with E-state index in [0.29, 0.717) is 17.7 Å². The van der Waals surface area contributed by atoms with Gasteiger partial charge in [-0.1, -0.05) is 18.2 Å². The molecule has 0 atom stereocenters. The molecule has 2 aromatic carbocycles. The standard InChI is InChI=1S/C15H14N2O2/c1-16-8-9-6-7-12-13-10(9)4-3-5-11(13)14(18)17(2)15(12)19/h3-7,16H,8H2,1-2H3. The minimum absolute atomic E-state index is 0.232. The van der Waals surface area contributed by atoms with Crippen LogP contribution in [-0.4, -0.2) is 30.8 Å². The number of carbonyl (C=O) groups is 2. The van der Waals surface area contributed by atoms with E-state index in [4.69, 9.17) is 0 Å². The van der Waals surface area contributed by atoms with Crippen molar-refractivity contribution in [2.75, 3.05) is 14.1 Å². The Morgan fingerprint density at radius 1 is 1.05 bits per heavy atom. The molecule has 0 unspecified atom stereocenters. The highest BCUT2D eigenvalue weighted by atomic mass is 16.2. The van der Waals surface area contributed by atoms with Gasteiger partial charge in [0.05, 0.1) is 0 Å². The fourth-order valence-electron chi connectivity index (χ4n) is 2.62. The predicted molar refractivity (Wildman–Crippen MR) is 73.1 cm³/mol. The van der Waals surface area contributed by atoms with Crippen molar-refractivity contribution >= 4 is 22.6 Å². The zero-order chi connectivity index (χ0) is 13.6. The highest BCUT2D eigenvalue weighted by molar-refractivity contribution is 6.25. The predicted octanol–water partition coefficient (Wildman–Crippen LogP) is 1.78. The van der Waals surface area contributed by atoms with E-state index >= 15 is 0 Å². The van der Waals surface area contributed by atoms with E-state index in [9.17, 15) is 9.59 Å². The molecule has 2 amide bonds. The summed E-state index contributed by atoms with van der Waals surface area (Å²) < 4.78 is 0. The molecule has 0 radical (unpaired) electrons. The minimum atomic E-state index is -0.232. The van der Waals surface area contributed by atoms with Crippen molar-refractivity contribution in [1.82, 2.24) is 10.2 Å². The molecular formula is C15H14N2O2. The van der Waals surface area contributed by atoms with E-state index in [-0.39, 0.29) is 11.8 Å². The van der Waals surface area contributed by atoms with Crippen LogP contribution in [0.15, 0.2) is 30.3 Å². The van der Waals surface area contributed by atoms with Gasteiger partial charge >= 0.3 is 0 Å². The minimum Gasteiger partial charge on any atom is -0.316 e. The molecule has 19 heavy (non-hydrogen) atoms. The van der Waals surface area contributed by atoms with Crippen LogP contribution in [-0.2, 0) is 6.54 Å². The second kappa shape index (κ2) is 4.17. The number of benzene rings is 2. The van der Waals surface area contributed by atoms with Crippen LogP contribution in [0.2, 0.25) is 0 Å². The Kier molecular flexibility index (Phi) is 2.61. The van der Waals surface area contributed by atoms with Crippen LogP contribution in [0.5, 0.6) is 0 Å². The third-order valence-electron chi connectivity index (χ3n) is 3.57. The summed E-state index contributed by atoms with van der Waals surface area (Å²) >= 11 is 0. The van der Waals surface area contributed by atoms with Crippen LogP contribution >= 0.6 is 0 Å². The average molecular weight is 254 g/mol. The van der Waals surface area contributed by atoms with Crippen molar-refractivity contribution in [1.29, 1.82) is 0 Å². The zero-order valence-corrected chi connectivity index (χ0v) is 10.9. The van der Waals surface area contributed by atoms with Gasteiger partial charge in [-0.05, 0) is 30.1 Å². The van der Waals surface area contributed by atoms with Crippen molar-refractivity contribution in [3.63, 3.8) is 0 Å². The van der Waals surface area contributed by atoms with Crippen molar-refractivity contribution in [3.05, 3.63) is 47.0 Å². The molecule has 4 nitrogen and oxygen atoms in total. The van der Waals surface area contributed by atoms with Gasteiger partial charge in [-0.2, -0.15) is 0 Å². The highest BCUT2D eigenvalue weighted by Crippen LogP contribution is 2.31. The lowest BCUT2D eigenvalue weighted by atomic mass is 9.91. The van der Waals surface area contributed by atoms with Gasteiger partial charge < -0.3 is 5.32 Å². The van der Waals surface area contributed by atoms with Crippen LogP contribution in [0, 0.1) is 0 Å². The van der Waals surface area contributed by atoms with Gasteiger partial charge in [-0.15, -0.1) is 0 Å². The van der Waals surface area contributed by atoms with Crippen LogP contribution < -0.4 is 5.32 Å². The molecule has 1 heterocycles. The lowest BCUT2D eigenvalue weighted by Gasteiger charge is -2.24. The van der Waals surface area contributed by atoms with Crippen molar-refractivity contribution in [2.45, 2.75) is 6.54 Å². The number of hydrogen-bond donors (Lipinski definition) is 1. The van der Waals surface area contributed by atoms with Gasteiger partial charge in [0.25, 0.3) is 11.8 Å². The van der Waals surface area contributed by atoms with Crippen LogP contribution in [0.1, 0.15) is 26.3 Å². The molecule has 0 aliphatic carbocycles. The molecule has 0 saturated heterocycles. The Hall–Kier alpha value is -2.20. The van der Waals surface area contributed by atoms with E-state index in [0.717, 1.165) is 16.3 Å². The van der Waals surface area contributed by atoms with Crippen molar-refractivity contribution in [3.8, 4) is 0 Å². The van der Waals surface area contributed by atoms with Crippen LogP contribution in [0.3, 0.4) is 0 Å². The number of imide groups is 1. The normalized spacial score (nSPS) is 14.3. The molecule has 2 aromatic rings. The first kappa shape index (κ1) is 11.9. The fraction of sp³-hybridized carbons (Fsp3) is 0.200. The Morgan fingerprint density at radius 3 is 2.42 bits per heavy atom. The fourth-order valence-corrected chi connectivity index (χ4v) is 2.62. The SMILES string of the molecule is CNCc1ccc2c3c(cccc13)C(=O)N(C)C2=O. The van der Waals surface area contributed by atoms with Crippen molar-refractivity contribution in [2.24, 2.45) is 0 Å². The summed E-state index contributed by atoms with van der Waals surface area (Å²) in [6.07, 6.45) is 0. The lowest BCUT2D eigenvalue weighted by molar-refractivity contribution is 0.0650. The maximum absolute atomic E-state index is 12.2. The monoisotopic (exact) mass is 254 g/mol. The second-order valence-electron chi connectivity index (χ2n) is 4.70. The molecule has 96 valence electrons. The first-order valence-electron chi connectivity index (χ1n) is 6.16. The Balaban J connectivity index is 2.40. The number of nitrogens with one attached hydrogen (secondary N) is 1. The number of nitrogens with zero attached hydrogens (tertiary/aromatic N) is 1. The quantitative estimate of drug-likeness (QED) is 0.831. The van der Waals surface area contributed by atoms with E-state index in [1.807, 2.05) is 31.3 Å². The van der Waals surface area contributed by atoms with E-state index in [1.54, 1.807) is 6.07 Å². The molecule has 0 saturated carbocycles. The first-order chi connectivity index (χ1) is 9.15. The first-order valence-corrected chi connectivity index (χ1v) is 6.16. The largest absolute Gasteiger partial charge is 0.316 e. The van der Waals surface area contributed by atoms with Gasteiger partial charge in [0.1, 0.15) is 0 Å². The molecule has 1 aliphatic rings. The van der Waals surface area contributed by atoms with Gasteiger partial charge in [-0.25, -0.2) is 0 Å². The summed E-state index contributed by atoms with van der Waals surface area (Å²) in [5.41, 5.74) is 2.30. The molecule has 0 spiro atoms. The number of hydrogen-bond acceptors (Lipinski definition) is 3. The average Bonchev–Trinajstić information content (AvgIpc) is 2.44. The van der Waals surface area contributed by atoms with Crippen molar-refractivity contribution < 1.29 is 9.59 Å². The number of carbonyl (C=O) groups excluding carboxylic acids is 2. The third kappa shape index (κ3) is 1.57. The summed E-state index contributed by atoms with van der Waals surface area (Å²) in [6.45, 7) is 0.707. The van der Waals surface area contributed by atoms with Gasteiger partial charge in [0, 0.05) is 30.1 Å². The third-order valence-corrected chi connectivity index (χ3v) is 3.57. The topological polar surface area (TPSA) is 49.4 Å². The Labute approximate surface area is 111 Å². The van der Waals surface area contributed by atoms with E-state index in [1.165, 1.54) is 11.9 Å². The van der Waals surface area contributed by atoms with Gasteiger partial charge in [-0.3, -0.25) is 14.5 Å². The summed E-state index contributed by atoms with van der Waals surface area (Å²) in [5, 5.41) is 4.85. The summed E-state index contributed by atoms with van der Waals surface area (Å²) in [5.74, 6) is -0.464. The van der Waals surface area contributed by atoms with Crippen LogP contribution in [0.4, 0.5) is 0 Å². The summed E-state index contributed by atoms with van der Waals surface area (Å²) in [4.78, 5) is 25.5. The summed E-state index contributed by atoms with van der Waals surface area (Å²) in [6, 6.07) is 9.35.